The standard InChI is InChI=1S/C14H27N2.C12H23N2.C10H19N2.C9H17N2.C8H15N2.C7H13N2.C6H11N2O.C6H11N2.8BF3.8FH/c1-3-4-5-6-7-8-9-10-11-16-13-12-15(2)14-16;1-3-4-5-6-7-8-9-14-11-10-13(2)12-14;1-3-4-5-6-7-12-9-8-11(2)10-12;1-4-5-6-11-8-7-10(3)9(11)2;1-3-4-5-10-7-6-9(2)8-10;1-3-4-9-6-5-8(2)7-9;1-7-2-3-8(6-7)4-5-9;1-3-8-5-4-7(2)6-8;8*2-1(3)4;;;;;;;;/h12-14H,3-11H2,1-2H3;10-12H,3-9H2,1-2H3;8-10H,3-7H2,1-2H3;7-8H,4-6H2,1-3H3;6-8H,3-5H2,1-2H3;5-7H,3-4H2,1-2H3;2-3,6,9H,4-5H2,1H3;4-6H,3H2,1-2H3;;;;;;;;;8*1H/q8*+1;;;;;;;;;;;;;;;;/p-8. The highest BCUT2D eigenvalue weighted by Crippen LogP contribution is 2.10. The van der Waals surface area contributed by atoms with Crippen LogP contribution in [0.1, 0.15) is 202 Å². The van der Waals surface area contributed by atoms with Gasteiger partial charge in [0.2, 0.25) is 44.3 Å². The molecule has 0 fully saturated rings. The predicted octanol–water partition coefficient (Wildman–Crippen LogP) is -6.02. The van der Waals surface area contributed by atoms with E-state index in [-0.39, 0.29) is 44.2 Å². The summed E-state index contributed by atoms with van der Waals surface area (Å²) in [4.78, 5) is 0. The second-order valence-electron chi connectivity index (χ2n) is 26.2. The monoisotopic (exact) mass is 1940 g/mol. The maximum atomic E-state index is 9.67. The van der Waals surface area contributed by atoms with Gasteiger partial charge in [-0.2, -0.15) is 0 Å². The third kappa shape index (κ3) is 143. The summed E-state index contributed by atoms with van der Waals surface area (Å²) in [6, 6.07) is 0. The summed E-state index contributed by atoms with van der Waals surface area (Å²) in [5, 5.41) is 8.50. The Labute approximate surface area is 745 Å². The number of nitrogens with zero attached hydrogens (tertiary/aromatic N) is 16. The molecule has 0 atom stereocenters. The Hall–Kier alpha value is -8.08. The predicted molar refractivity (Wildman–Crippen MR) is 435 cm³/mol. The Balaban J connectivity index is -0.0000000768. The largest absolute Gasteiger partial charge is 1.00 e. The third-order valence-corrected chi connectivity index (χ3v) is 15.2. The van der Waals surface area contributed by atoms with Crippen molar-refractivity contribution in [3.8, 4) is 0 Å². The lowest BCUT2D eigenvalue weighted by Gasteiger charge is -2.00. The lowest BCUT2D eigenvalue weighted by atomic mass is 10.1. The van der Waals surface area contributed by atoms with Gasteiger partial charge in [-0.1, -0.05) is 131 Å². The summed E-state index contributed by atoms with van der Waals surface area (Å²) < 4.78 is 266. The zero-order valence-electron chi connectivity index (χ0n) is 76.7. The molecule has 0 saturated carbocycles. The van der Waals surface area contributed by atoms with E-state index < -0.39 is 60.4 Å². The van der Waals surface area contributed by atoms with Crippen LogP contribution in [0.25, 0.3) is 0 Å². The van der Waals surface area contributed by atoms with Crippen molar-refractivity contribution >= 4 is 60.4 Å². The van der Waals surface area contributed by atoms with Crippen molar-refractivity contribution in [2.45, 2.75) is 255 Å². The number of hydrogen-bond donors (Lipinski definition) is 1. The fourth-order valence-corrected chi connectivity index (χ4v) is 9.59. The van der Waals surface area contributed by atoms with Crippen molar-refractivity contribution in [3.63, 3.8) is 0 Å². The minimum atomic E-state index is -3.67. The van der Waals surface area contributed by atoms with Crippen molar-refractivity contribution in [1.29, 1.82) is 0 Å². The van der Waals surface area contributed by atoms with Crippen LogP contribution < -0.4 is 74.2 Å². The second kappa shape index (κ2) is 114. The van der Waals surface area contributed by atoms with E-state index in [2.05, 4.69) is 261 Å². The average Bonchev–Trinajstić information content (AvgIpc) is 1.74. The third-order valence-electron chi connectivity index (χ3n) is 15.2. The zero-order chi connectivity index (χ0) is 94.3. The molecule has 0 unspecified atom stereocenters. The fourth-order valence-electron chi connectivity index (χ4n) is 9.59. The fraction of sp³-hybridized carbons (Fsp3) is 0.667. The molecule has 57 heteroatoms. The molecule has 0 aliphatic carbocycles. The van der Waals surface area contributed by atoms with Crippen molar-refractivity contribution in [2.24, 2.45) is 56.4 Å². The SMILES string of the molecule is CCCCCCCCCCn1cc[n+](C)c1.CCCCCCCCn1cc[n+](C)c1.CCCCCCn1cc[n+](C)c1.CCCCn1cc[n+](C)c1.CCCCn1cc[n+](C)c1C.CCCn1cc[n+](C)c1.CCn1cc[n+](C)c1.C[n+]1ccn(CCO)c1.FB(F)F.FB(F)F.FB(F)F.FB(F)F.FB(F)F.FB(F)F.FB(F)F.FB(F)F.[F-].[F-].[F-].[F-].[F-].[F-].[F-].[F-]. The Kier molecular flexibility index (Phi) is 140. The smallest absolute Gasteiger partial charge is 0.762 e. The van der Waals surface area contributed by atoms with Gasteiger partial charge in [-0.05, 0) is 64.7 Å². The molecule has 129 heavy (non-hydrogen) atoms. The molecule has 17 nitrogen and oxygen atoms in total. The van der Waals surface area contributed by atoms with Gasteiger partial charge in [0.05, 0.1) is 109 Å². The Morgan fingerprint density at radius 3 is 0.574 bits per heavy atom. The molecule has 758 valence electrons. The molecule has 8 heterocycles. The highest BCUT2D eigenvalue weighted by molar-refractivity contribution is 6.35. The molecule has 8 aromatic heterocycles. The van der Waals surface area contributed by atoms with Crippen molar-refractivity contribution in [2.75, 3.05) is 6.61 Å². The topological polar surface area (TPSA) is 90.7 Å². The first-order chi connectivity index (χ1) is 56.9. The van der Waals surface area contributed by atoms with E-state index in [9.17, 15) is 104 Å². The molecule has 0 aliphatic rings. The number of halogens is 32. The molecule has 0 aliphatic heterocycles. The first kappa shape index (κ1) is 158. The van der Waals surface area contributed by atoms with E-state index in [4.69, 9.17) is 5.11 Å². The van der Waals surface area contributed by atoms with Gasteiger partial charge in [0, 0.05) is 6.92 Å². The van der Waals surface area contributed by atoms with E-state index in [1.807, 2.05) is 66.8 Å². The summed E-state index contributed by atoms with van der Waals surface area (Å²) in [7, 11) is -13.0. The molecule has 0 bridgehead atoms. The highest BCUT2D eigenvalue weighted by atomic mass is 19.4. The van der Waals surface area contributed by atoms with Gasteiger partial charge in [0.1, 0.15) is 106 Å². The first-order valence-electron chi connectivity index (χ1n) is 40.0. The van der Waals surface area contributed by atoms with Crippen LogP contribution in [-0.2, 0) is 109 Å². The van der Waals surface area contributed by atoms with Crippen LogP contribution in [0, 0.1) is 6.92 Å². The van der Waals surface area contributed by atoms with Crippen LogP contribution >= 0.6 is 0 Å². The molecule has 8 rings (SSSR count). The molecule has 0 aromatic carbocycles. The minimum Gasteiger partial charge on any atom is -1.00 e. The summed E-state index contributed by atoms with van der Waals surface area (Å²) >= 11 is 0. The van der Waals surface area contributed by atoms with Gasteiger partial charge in [-0.3, -0.25) is 104 Å². The summed E-state index contributed by atoms with van der Waals surface area (Å²) in [6.07, 6.45) is 78.9. The number of imidazole rings is 8. The molecule has 0 spiro atoms. The van der Waals surface area contributed by atoms with Gasteiger partial charge in [-0.25, -0.2) is 73.1 Å². The normalized spacial score (nSPS) is 8.84. The van der Waals surface area contributed by atoms with Gasteiger partial charge in [0.25, 0.3) is 5.82 Å². The summed E-state index contributed by atoms with van der Waals surface area (Å²) in [5.74, 6) is 1.33. The summed E-state index contributed by atoms with van der Waals surface area (Å²) in [5.41, 5.74) is 0. The maximum Gasteiger partial charge on any atom is 0.762 e. The average molecular weight is 1940 g/mol. The zero-order valence-corrected chi connectivity index (χ0v) is 76.7. The van der Waals surface area contributed by atoms with Gasteiger partial charge < -0.3 is 42.7 Å². The Bertz CT molecular complexity index is 3220. The van der Waals surface area contributed by atoms with E-state index in [1.54, 1.807) is 0 Å². The quantitative estimate of drug-likeness (QED) is 0.0194. The lowest BCUT2D eigenvalue weighted by molar-refractivity contribution is -0.677. The maximum absolute atomic E-state index is 9.67. The summed E-state index contributed by atoms with van der Waals surface area (Å²) in [6.45, 7) is 26.6. The molecule has 8 aromatic rings. The number of aromatic nitrogens is 16. The van der Waals surface area contributed by atoms with Gasteiger partial charge >= 0.3 is 60.4 Å². The molecular weight excluding hydrogens is 1800 g/mol. The lowest BCUT2D eigenvalue weighted by Crippen LogP contribution is -3.00. The number of hydrogen-bond acceptors (Lipinski definition) is 1. The number of aryl methyl sites for hydroxylation is 15. The second-order valence-corrected chi connectivity index (χ2v) is 26.2. The number of unbranched alkanes of at least 4 members (excludes halogenated alkanes) is 17. The van der Waals surface area contributed by atoms with Crippen LogP contribution in [-0.4, -0.2) is 109 Å². The van der Waals surface area contributed by atoms with Gasteiger partial charge in [-0.15, -0.1) is 0 Å². The minimum absolute atomic E-state index is 0. The Morgan fingerprint density at radius 1 is 0.225 bits per heavy atom. The molecule has 1 N–H and O–H groups in total. The van der Waals surface area contributed by atoms with E-state index in [0.717, 1.165) is 26.2 Å². The number of rotatable bonds is 32. The van der Waals surface area contributed by atoms with E-state index in [1.165, 1.54) is 173 Å². The number of aliphatic hydroxyl groups excluding tert-OH is 1. The van der Waals surface area contributed by atoms with Crippen molar-refractivity contribution < 1.29 is 183 Å². The molecule has 0 amide bonds. The van der Waals surface area contributed by atoms with Crippen LogP contribution in [0.2, 0.25) is 0 Å². The van der Waals surface area contributed by atoms with Gasteiger partial charge in [0.15, 0.2) is 0 Å². The number of aliphatic hydroxyl groups is 1. The molecule has 0 radical (unpaired) electrons. The van der Waals surface area contributed by atoms with E-state index >= 15 is 0 Å². The molecular formula is C72H136B8F32N16O. The first-order valence-corrected chi connectivity index (χ1v) is 40.0. The van der Waals surface area contributed by atoms with Crippen LogP contribution in [0.3, 0.4) is 0 Å². The Morgan fingerprint density at radius 2 is 0.403 bits per heavy atom. The van der Waals surface area contributed by atoms with Crippen LogP contribution in [0.5, 0.6) is 0 Å². The van der Waals surface area contributed by atoms with Crippen molar-refractivity contribution in [1.82, 2.24) is 36.5 Å². The highest BCUT2D eigenvalue weighted by Gasteiger charge is 2.12. The van der Waals surface area contributed by atoms with Crippen molar-refractivity contribution in [3.05, 3.63) is 149 Å². The van der Waals surface area contributed by atoms with Crippen LogP contribution in [0.15, 0.2) is 143 Å². The van der Waals surface area contributed by atoms with E-state index in [0.29, 0.717) is 6.54 Å². The molecule has 0 saturated heterocycles. The van der Waals surface area contributed by atoms with Crippen LogP contribution in [0.4, 0.5) is 104 Å².